The first-order valence-corrected chi connectivity index (χ1v) is 6.64. The lowest BCUT2D eigenvalue weighted by molar-refractivity contribution is 0.181. The lowest BCUT2D eigenvalue weighted by atomic mass is 9.71. The number of amidine groups is 1. The van der Waals surface area contributed by atoms with Gasteiger partial charge in [0.1, 0.15) is 0 Å². The summed E-state index contributed by atoms with van der Waals surface area (Å²) in [6, 6.07) is 0.0868. The molecule has 0 radical (unpaired) electrons. The third kappa shape index (κ3) is 2.26. The zero-order valence-corrected chi connectivity index (χ0v) is 12.3. The number of aliphatic imine (C=N–C) groups is 2. The Morgan fingerprint density at radius 1 is 1.26 bits per heavy atom. The third-order valence-electron chi connectivity index (χ3n) is 4.70. The molecule has 2 rings (SSSR count). The summed E-state index contributed by atoms with van der Waals surface area (Å²) in [7, 11) is 2.75. The van der Waals surface area contributed by atoms with Crippen LogP contribution in [0.3, 0.4) is 0 Å². The standard InChI is InChI=1S/C14H22N2O3/c1-13(2)9-6-7-14(3,8-9)10(13)15-11(18-4)16-12(17)19-5/h9H,6-8H2,1-5H3/b15-10-,16-11-/t9-,14+/m0/s1. The topological polar surface area (TPSA) is 60.2 Å². The molecule has 5 heteroatoms. The Labute approximate surface area is 114 Å². The summed E-state index contributed by atoms with van der Waals surface area (Å²) in [5.74, 6) is 0.660. The summed E-state index contributed by atoms with van der Waals surface area (Å²) >= 11 is 0. The van der Waals surface area contributed by atoms with Gasteiger partial charge in [-0.15, -0.1) is 4.99 Å². The molecular formula is C14H22N2O3. The van der Waals surface area contributed by atoms with Gasteiger partial charge in [0.2, 0.25) is 0 Å². The average molecular weight is 266 g/mol. The van der Waals surface area contributed by atoms with Crippen LogP contribution in [-0.2, 0) is 9.47 Å². The van der Waals surface area contributed by atoms with E-state index in [0.717, 1.165) is 18.6 Å². The molecule has 19 heavy (non-hydrogen) atoms. The molecule has 0 saturated heterocycles. The van der Waals surface area contributed by atoms with E-state index in [1.54, 1.807) is 0 Å². The highest BCUT2D eigenvalue weighted by molar-refractivity contribution is 6.05. The molecule has 2 atom stereocenters. The second-order valence-electron chi connectivity index (χ2n) is 6.25. The van der Waals surface area contributed by atoms with E-state index < -0.39 is 6.09 Å². The fourth-order valence-corrected chi connectivity index (χ4v) is 3.66. The van der Waals surface area contributed by atoms with Crippen LogP contribution in [-0.4, -0.2) is 32.0 Å². The molecule has 2 bridgehead atoms. The van der Waals surface area contributed by atoms with E-state index in [9.17, 15) is 4.79 Å². The van der Waals surface area contributed by atoms with Crippen molar-refractivity contribution in [3.05, 3.63) is 0 Å². The largest absolute Gasteiger partial charge is 0.467 e. The molecule has 1 amide bonds. The van der Waals surface area contributed by atoms with Crippen molar-refractivity contribution < 1.29 is 14.3 Å². The van der Waals surface area contributed by atoms with Crippen molar-refractivity contribution >= 4 is 17.8 Å². The molecule has 0 heterocycles. The quantitative estimate of drug-likeness (QED) is 0.500. The first-order valence-electron chi connectivity index (χ1n) is 6.64. The van der Waals surface area contributed by atoms with E-state index in [-0.39, 0.29) is 16.9 Å². The van der Waals surface area contributed by atoms with E-state index in [2.05, 4.69) is 35.5 Å². The van der Waals surface area contributed by atoms with Crippen LogP contribution in [0.15, 0.2) is 9.98 Å². The van der Waals surface area contributed by atoms with Crippen molar-refractivity contribution in [2.45, 2.75) is 40.0 Å². The summed E-state index contributed by atoms with van der Waals surface area (Å²) in [5.41, 5.74) is 1.26. The maximum Gasteiger partial charge on any atom is 0.437 e. The number of hydrogen-bond donors (Lipinski definition) is 0. The average Bonchev–Trinajstić information content (AvgIpc) is 2.83. The summed E-state index contributed by atoms with van der Waals surface area (Å²) < 4.78 is 9.60. The van der Waals surface area contributed by atoms with Gasteiger partial charge in [0.15, 0.2) is 0 Å². The van der Waals surface area contributed by atoms with E-state index in [1.165, 1.54) is 20.6 Å². The van der Waals surface area contributed by atoms with Gasteiger partial charge in [0.05, 0.1) is 14.2 Å². The maximum atomic E-state index is 11.2. The summed E-state index contributed by atoms with van der Waals surface area (Å²) in [4.78, 5) is 19.4. The number of fused-ring (bicyclic) bond motifs is 2. The minimum atomic E-state index is -0.688. The van der Waals surface area contributed by atoms with Crippen LogP contribution >= 0.6 is 0 Å². The number of hydrogen-bond acceptors (Lipinski definition) is 3. The summed E-state index contributed by atoms with van der Waals surface area (Å²) in [6.45, 7) is 6.67. The molecule has 0 aliphatic heterocycles. The first-order chi connectivity index (χ1) is 8.83. The number of amides is 1. The van der Waals surface area contributed by atoms with Gasteiger partial charge in [-0.3, -0.25) is 0 Å². The maximum absolute atomic E-state index is 11.2. The first kappa shape index (κ1) is 14.0. The molecule has 2 aliphatic rings. The van der Waals surface area contributed by atoms with Crippen LogP contribution in [0.4, 0.5) is 4.79 Å². The van der Waals surface area contributed by atoms with Crippen LogP contribution in [0.2, 0.25) is 0 Å². The van der Waals surface area contributed by atoms with Gasteiger partial charge in [0.25, 0.3) is 0 Å². The highest BCUT2D eigenvalue weighted by Crippen LogP contribution is 2.60. The lowest BCUT2D eigenvalue weighted by Crippen LogP contribution is -2.36. The normalized spacial score (nSPS) is 34.7. The Kier molecular flexibility index (Phi) is 3.41. The van der Waals surface area contributed by atoms with Crippen LogP contribution in [0.25, 0.3) is 0 Å². The molecular weight excluding hydrogens is 244 g/mol. The molecule has 0 unspecified atom stereocenters. The Bertz CT molecular complexity index is 447. The van der Waals surface area contributed by atoms with Crippen molar-refractivity contribution in [2.24, 2.45) is 26.7 Å². The van der Waals surface area contributed by atoms with Crippen LogP contribution in [0, 0.1) is 16.7 Å². The van der Waals surface area contributed by atoms with E-state index in [4.69, 9.17) is 4.74 Å². The van der Waals surface area contributed by atoms with Crippen molar-refractivity contribution in [3.8, 4) is 0 Å². The summed E-state index contributed by atoms with van der Waals surface area (Å²) in [5, 5.41) is 0. The SMILES string of the molecule is COC(=O)/N=C(/N=C1/C(C)(C)[C@H]2CC[C@]1(C)C2)OC. The predicted octanol–water partition coefficient (Wildman–Crippen LogP) is 3.04. The van der Waals surface area contributed by atoms with Gasteiger partial charge in [-0.25, -0.2) is 9.79 Å². The Balaban J connectivity index is 2.36. The minimum absolute atomic E-state index is 0.0441. The fourth-order valence-electron chi connectivity index (χ4n) is 3.66. The lowest BCUT2D eigenvalue weighted by Gasteiger charge is -2.35. The number of nitrogens with zero attached hydrogens (tertiary/aromatic N) is 2. The van der Waals surface area contributed by atoms with Gasteiger partial charge < -0.3 is 9.47 Å². The molecule has 2 aliphatic carbocycles. The predicted molar refractivity (Wildman–Crippen MR) is 73.5 cm³/mol. The Hall–Kier alpha value is -1.39. The van der Waals surface area contributed by atoms with Crippen molar-refractivity contribution in [1.82, 2.24) is 0 Å². The monoisotopic (exact) mass is 266 g/mol. The second-order valence-corrected chi connectivity index (χ2v) is 6.25. The third-order valence-corrected chi connectivity index (χ3v) is 4.70. The van der Waals surface area contributed by atoms with E-state index >= 15 is 0 Å². The van der Waals surface area contributed by atoms with E-state index in [1.807, 2.05) is 0 Å². The van der Waals surface area contributed by atoms with Crippen LogP contribution in [0.5, 0.6) is 0 Å². The van der Waals surface area contributed by atoms with Crippen molar-refractivity contribution in [2.75, 3.05) is 14.2 Å². The zero-order valence-electron chi connectivity index (χ0n) is 12.3. The van der Waals surface area contributed by atoms with Gasteiger partial charge in [-0.2, -0.15) is 0 Å². The zero-order chi connectivity index (χ0) is 14.3. The molecule has 106 valence electrons. The van der Waals surface area contributed by atoms with Gasteiger partial charge in [-0.1, -0.05) is 20.8 Å². The molecule has 0 spiro atoms. The highest BCUT2D eigenvalue weighted by Gasteiger charge is 2.57. The van der Waals surface area contributed by atoms with Gasteiger partial charge >= 0.3 is 12.1 Å². The second kappa shape index (κ2) is 4.62. The summed E-state index contributed by atoms with van der Waals surface area (Å²) in [6.07, 6.45) is 2.87. The van der Waals surface area contributed by atoms with Crippen molar-refractivity contribution in [3.63, 3.8) is 0 Å². The molecule has 0 aromatic heterocycles. The fraction of sp³-hybridized carbons (Fsp3) is 0.786. The van der Waals surface area contributed by atoms with E-state index in [0.29, 0.717) is 5.92 Å². The van der Waals surface area contributed by atoms with Crippen molar-refractivity contribution in [1.29, 1.82) is 0 Å². The molecule has 0 aromatic rings. The molecule has 0 N–H and O–H groups in total. The van der Waals surface area contributed by atoms with Crippen LogP contribution < -0.4 is 0 Å². The number of methoxy groups -OCH3 is 2. The molecule has 5 nitrogen and oxygen atoms in total. The number of carbonyl (C=O) groups excluding carboxylic acids is 1. The minimum Gasteiger partial charge on any atom is -0.467 e. The number of ether oxygens (including phenoxy) is 2. The Morgan fingerprint density at radius 3 is 2.42 bits per heavy atom. The van der Waals surface area contributed by atoms with Crippen LogP contribution in [0.1, 0.15) is 40.0 Å². The number of carbonyl (C=O) groups is 1. The van der Waals surface area contributed by atoms with Gasteiger partial charge in [0, 0.05) is 16.5 Å². The Morgan fingerprint density at radius 2 is 1.95 bits per heavy atom. The number of rotatable bonds is 0. The molecule has 0 aromatic carbocycles. The molecule has 2 fully saturated rings. The highest BCUT2D eigenvalue weighted by atomic mass is 16.5. The smallest absolute Gasteiger partial charge is 0.437 e. The molecule has 2 saturated carbocycles. The van der Waals surface area contributed by atoms with Gasteiger partial charge in [-0.05, 0) is 25.2 Å².